The van der Waals surface area contributed by atoms with E-state index in [4.69, 9.17) is 0 Å². The van der Waals surface area contributed by atoms with Crippen LogP contribution in [0.2, 0.25) is 0 Å². The fraction of sp³-hybridized carbons (Fsp3) is 0.778. The van der Waals surface area contributed by atoms with Crippen LogP contribution in [0.1, 0.15) is 25.7 Å². The molecule has 14 heavy (non-hydrogen) atoms. The van der Waals surface area contributed by atoms with Crippen molar-refractivity contribution in [3.8, 4) is 0 Å². The fourth-order valence-electron chi connectivity index (χ4n) is 1.48. The van der Waals surface area contributed by atoms with E-state index in [1.807, 2.05) is 0 Å². The highest BCUT2D eigenvalue weighted by Crippen LogP contribution is 2.32. The molecule has 0 bridgehead atoms. The second-order valence-corrected chi connectivity index (χ2v) is 4.49. The highest BCUT2D eigenvalue weighted by Gasteiger charge is 2.27. The number of hydrogen-bond acceptors (Lipinski definition) is 2. The van der Waals surface area contributed by atoms with Crippen molar-refractivity contribution < 1.29 is 18.3 Å². The largest absolute Gasteiger partial charge is 0.441 e. The SMILES string of the molecule is OC1C=C(CCSC(F)(F)F)CCC1. The minimum Gasteiger partial charge on any atom is -0.389 e. The van der Waals surface area contributed by atoms with Crippen LogP contribution in [-0.2, 0) is 0 Å². The Balaban J connectivity index is 2.24. The zero-order valence-corrected chi connectivity index (χ0v) is 8.50. The van der Waals surface area contributed by atoms with Gasteiger partial charge >= 0.3 is 5.51 Å². The smallest absolute Gasteiger partial charge is 0.389 e. The van der Waals surface area contributed by atoms with Crippen molar-refractivity contribution >= 4 is 11.8 Å². The molecule has 1 aliphatic carbocycles. The van der Waals surface area contributed by atoms with Crippen LogP contribution >= 0.6 is 11.8 Å². The summed E-state index contributed by atoms with van der Waals surface area (Å²) in [5.74, 6) is 0.0576. The highest BCUT2D eigenvalue weighted by atomic mass is 32.2. The highest BCUT2D eigenvalue weighted by molar-refractivity contribution is 8.00. The molecule has 0 heterocycles. The summed E-state index contributed by atoms with van der Waals surface area (Å²) in [6.45, 7) is 0. The van der Waals surface area contributed by atoms with Crippen LogP contribution < -0.4 is 0 Å². The quantitative estimate of drug-likeness (QED) is 0.746. The minimum absolute atomic E-state index is 0.00598. The van der Waals surface area contributed by atoms with Gasteiger partial charge in [-0.25, -0.2) is 0 Å². The Morgan fingerprint density at radius 3 is 2.79 bits per heavy atom. The summed E-state index contributed by atoms with van der Waals surface area (Å²) in [6, 6.07) is 0. The molecule has 0 saturated heterocycles. The molecule has 1 nitrogen and oxygen atoms in total. The molecule has 0 fully saturated rings. The van der Waals surface area contributed by atoms with Gasteiger partial charge < -0.3 is 5.11 Å². The first-order chi connectivity index (χ1) is 6.47. The zero-order chi connectivity index (χ0) is 10.6. The third kappa shape index (κ3) is 4.91. The van der Waals surface area contributed by atoms with Gasteiger partial charge in [0.05, 0.1) is 6.10 Å². The van der Waals surface area contributed by atoms with E-state index in [1.54, 1.807) is 6.08 Å². The third-order valence-electron chi connectivity index (χ3n) is 2.11. The fourth-order valence-corrected chi connectivity index (χ4v) is 2.08. The van der Waals surface area contributed by atoms with Gasteiger partial charge in [0.1, 0.15) is 0 Å². The van der Waals surface area contributed by atoms with Crippen molar-refractivity contribution in [1.29, 1.82) is 0 Å². The molecule has 1 N–H and O–H groups in total. The number of allylic oxidation sites excluding steroid dienone is 1. The molecule has 1 atom stereocenters. The lowest BCUT2D eigenvalue weighted by atomic mass is 9.96. The number of thioether (sulfide) groups is 1. The summed E-state index contributed by atoms with van der Waals surface area (Å²) in [5.41, 5.74) is -3.17. The lowest BCUT2D eigenvalue weighted by Crippen LogP contribution is -2.10. The van der Waals surface area contributed by atoms with Crippen molar-refractivity contribution in [1.82, 2.24) is 0 Å². The summed E-state index contributed by atoms with van der Waals surface area (Å²) >= 11 is 0.00598. The van der Waals surface area contributed by atoms with Crippen molar-refractivity contribution in [2.45, 2.75) is 37.3 Å². The van der Waals surface area contributed by atoms with E-state index in [2.05, 4.69) is 0 Å². The molecule has 0 aromatic heterocycles. The van der Waals surface area contributed by atoms with Crippen LogP contribution in [0.25, 0.3) is 0 Å². The van der Waals surface area contributed by atoms with Gasteiger partial charge in [0.2, 0.25) is 0 Å². The first-order valence-corrected chi connectivity index (χ1v) is 5.54. The molecule has 0 saturated carbocycles. The second-order valence-electron chi connectivity index (χ2n) is 3.33. The normalized spacial score (nSPS) is 23.4. The maximum Gasteiger partial charge on any atom is 0.441 e. The monoisotopic (exact) mass is 226 g/mol. The predicted octanol–water partition coefficient (Wildman–Crippen LogP) is 3.10. The number of aliphatic hydroxyl groups is 1. The lowest BCUT2D eigenvalue weighted by Gasteiger charge is -2.16. The van der Waals surface area contributed by atoms with Gasteiger partial charge in [-0.1, -0.05) is 23.4 Å². The molecular formula is C9H13F3OS. The number of hydrogen-bond donors (Lipinski definition) is 1. The summed E-state index contributed by atoms with van der Waals surface area (Å²) < 4.78 is 35.3. The zero-order valence-electron chi connectivity index (χ0n) is 7.68. The maximum atomic E-state index is 11.8. The molecular weight excluding hydrogens is 213 g/mol. The van der Waals surface area contributed by atoms with Gasteiger partial charge in [-0.2, -0.15) is 13.2 Å². The average Bonchev–Trinajstić information content (AvgIpc) is 2.01. The van der Waals surface area contributed by atoms with E-state index in [-0.39, 0.29) is 17.5 Å². The summed E-state index contributed by atoms with van der Waals surface area (Å²) in [7, 11) is 0. The molecule has 0 spiro atoms. The van der Waals surface area contributed by atoms with Crippen LogP contribution in [0.4, 0.5) is 13.2 Å². The van der Waals surface area contributed by atoms with Crippen LogP contribution in [0.3, 0.4) is 0 Å². The Labute approximate surface area is 85.4 Å². The molecule has 1 unspecified atom stereocenters. The van der Waals surface area contributed by atoms with E-state index in [9.17, 15) is 18.3 Å². The molecule has 0 aromatic carbocycles. The number of alkyl halides is 3. The van der Waals surface area contributed by atoms with Gasteiger partial charge in [-0.05, 0) is 25.7 Å². The molecule has 0 radical (unpaired) electrons. The Kier molecular flexibility index (Phi) is 4.31. The molecule has 0 aromatic rings. The molecule has 0 amide bonds. The van der Waals surface area contributed by atoms with Gasteiger partial charge in [-0.3, -0.25) is 0 Å². The Morgan fingerprint density at radius 2 is 2.21 bits per heavy atom. The van der Waals surface area contributed by atoms with Crippen LogP contribution in [0, 0.1) is 0 Å². The Morgan fingerprint density at radius 1 is 1.50 bits per heavy atom. The van der Waals surface area contributed by atoms with Gasteiger partial charge in [0.15, 0.2) is 0 Å². The summed E-state index contributed by atoms with van der Waals surface area (Å²) in [5, 5.41) is 9.23. The molecule has 1 rings (SSSR count). The number of halogens is 3. The van der Waals surface area contributed by atoms with Crippen molar-refractivity contribution in [2.75, 3.05) is 5.75 Å². The second kappa shape index (κ2) is 5.07. The molecule has 5 heteroatoms. The van der Waals surface area contributed by atoms with Crippen molar-refractivity contribution in [2.24, 2.45) is 0 Å². The van der Waals surface area contributed by atoms with E-state index < -0.39 is 11.6 Å². The summed E-state index contributed by atoms with van der Waals surface area (Å²) in [6.07, 6.45) is 4.12. The molecule has 0 aliphatic heterocycles. The van der Waals surface area contributed by atoms with E-state index in [0.29, 0.717) is 6.42 Å². The molecule has 1 aliphatic rings. The predicted molar refractivity (Wildman–Crippen MR) is 51.1 cm³/mol. The van der Waals surface area contributed by atoms with E-state index in [0.717, 1.165) is 24.8 Å². The van der Waals surface area contributed by atoms with Gasteiger partial charge in [0.25, 0.3) is 0 Å². The number of aliphatic hydroxyl groups excluding tert-OH is 1. The van der Waals surface area contributed by atoms with E-state index >= 15 is 0 Å². The molecule has 82 valence electrons. The first-order valence-electron chi connectivity index (χ1n) is 4.56. The van der Waals surface area contributed by atoms with Crippen molar-refractivity contribution in [3.63, 3.8) is 0 Å². The minimum atomic E-state index is -4.13. The Bertz CT molecular complexity index is 213. The summed E-state index contributed by atoms with van der Waals surface area (Å²) in [4.78, 5) is 0. The van der Waals surface area contributed by atoms with Crippen LogP contribution in [-0.4, -0.2) is 22.5 Å². The maximum absolute atomic E-state index is 11.8. The van der Waals surface area contributed by atoms with Crippen LogP contribution in [0.15, 0.2) is 11.6 Å². The van der Waals surface area contributed by atoms with E-state index in [1.165, 1.54) is 0 Å². The average molecular weight is 226 g/mol. The standard InChI is InChI=1S/C9H13F3OS/c10-9(11,12)14-5-4-7-2-1-3-8(13)6-7/h6,8,13H,1-5H2. The lowest BCUT2D eigenvalue weighted by molar-refractivity contribution is -0.0327. The van der Waals surface area contributed by atoms with Gasteiger partial charge in [0, 0.05) is 5.75 Å². The third-order valence-corrected chi connectivity index (χ3v) is 2.85. The van der Waals surface area contributed by atoms with Gasteiger partial charge in [-0.15, -0.1) is 0 Å². The van der Waals surface area contributed by atoms with Crippen molar-refractivity contribution in [3.05, 3.63) is 11.6 Å². The topological polar surface area (TPSA) is 20.2 Å². The Hall–Kier alpha value is -0.160. The van der Waals surface area contributed by atoms with Crippen LogP contribution in [0.5, 0.6) is 0 Å². The number of rotatable bonds is 3. The first kappa shape index (κ1) is 11.9.